The van der Waals surface area contributed by atoms with E-state index in [0.29, 0.717) is 6.61 Å². The van der Waals surface area contributed by atoms with Gasteiger partial charge in [0.2, 0.25) is 0 Å². The summed E-state index contributed by atoms with van der Waals surface area (Å²) in [5.41, 5.74) is -0.568. The predicted molar refractivity (Wildman–Crippen MR) is 51.4 cm³/mol. The fourth-order valence-electron chi connectivity index (χ4n) is 1.05. The summed E-state index contributed by atoms with van der Waals surface area (Å²) in [4.78, 5) is 10.4. The lowest BCUT2D eigenvalue weighted by Crippen LogP contribution is -2.17. The van der Waals surface area contributed by atoms with Crippen LogP contribution in [0.25, 0.3) is 0 Å². The Balaban J connectivity index is 3.13. The van der Waals surface area contributed by atoms with Gasteiger partial charge in [-0.2, -0.15) is 0 Å². The largest absolute Gasteiger partial charge is 0.466 e. The molecule has 78 valence electrons. The van der Waals surface area contributed by atoms with Gasteiger partial charge >= 0.3 is 5.97 Å². The fourth-order valence-corrected chi connectivity index (χ4v) is 1.05. The lowest BCUT2D eigenvalue weighted by atomic mass is 10.0. The highest BCUT2D eigenvalue weighted by Gasteiger charge is 2.10. The molecule has 0 unspecified atom stereocenters. The minimum absolute atomic E-state index is 0.220. The molecule has 0 aromatic carbocycles. The van der Waals surface area contributed by atoms with Crippen molar-refractivity contribution in [1.82, 2.24) is 0 Å². The summed E-state index contributed by atoms with van der Waals surface area (Å²) >= 11 is 0. The lowest BCUT2D eigenvalue weighted by Gasteiger charge is -2.16. The van der Waals surface area contributed by atoms with Crippen LogP contribution in [0.1, 0.15) is 46.5 Å². The van der Waals surface area contributed by atoms with Gasteiger partial charge in [0, 0.05) is 6.92 Å². The molecule has 0 aliphatic rings. The molecule has 0 atom stereocenters. The molecule has 13 heavy (non-hydrogen) atoms. The third-order valence-corrected chi connectivity index (χ3v) is 1.74. The van der Waals surface area contributed by atoms with Gasteiger partial charge in [0.15, 0.2) is 0 Å². The van der Waals surface area contributed by atoms with Crippen LogP contribution >= 0.6 is 0 Å². The quantitative estimate of drug-likeness (QED) is 0.511. The van der Waals surface area contributed by atoms with Crippen LogP contribution < -0.4 is 0 Å². The van der Waals surface area contributed by atoms with Gasteiger partial charge in [0.05, 0.1) is 12.2 Å². The molecule has 0 saturated heterocycles. The van der Waals surface area contributed by atoms with Crippen molar-refractivity contribution in [3.8, 4) is 0 Å². The SMILES string of the molecule is CC(=O)OCCCCCC(C)(C)O. The van der Waals surface area contributed by atoms with E-state index in [9.17, 15) is 9.90 Å². The summed E-state index contributed by atoms with van der Waals surface area (Å²) in [7, 11) is 0. The highest BCUT2D eigenvalue weighted by Crippen LogP contribution is 2.12. The summed E-state index contributed by atoms with van der Waals surface area (Å²) in [6.07, 6.45) is 3.66. The van der Waals surface area contributed by atoms with Crippen molar-refractivity contribution >= 4 is 5.97 Å². The molecule has 3 nitrogen and oxygen atoms in total. The van der Waals surface area contributed by atoms with E-state index in [0.717, 1.165) is 25.7 Å². The van der Waals surface area contributed by atoms with Crippen molar-refractivity contribution in [2.45, 2.75) is 52.1 Å². The number of esters is 1. The van der Waals surface area contributed by atoms with E-state index in [4.69, 9.17) is 4.74 Å². The van der Waals surface area contributed by atoms with E-state index in [-0.39, 0.29) is 5.97 Å². The van der Waals surface area contributed by atoms with Crippen LogP contribution in [0.15, 0.2) is 0 Å². The molecule has 0 aromatic heterocycles. The second kappa shape index (κ2) is 5.97. The van der Waals surface area contributed by atoms with E-state index in [1.54, 1.807) is 13.8 Å². The van der Waals surface area contributed by atoms with Gasteiger partial charge in [0.1, 0.15) is 0 Å². The number of carbonyl (C=O) groups is 1. The Morgan fingerprint density at radius 1 is 1.31 bits per heavy atom. The molecule has 0 spiro atoms. The van der Waals surface area contributed by atoms with Gasteiger partial charge in [0.25, 0.3) is 0 Å². The third kappa shape index (κ3) is 11.4. The molecule has 0 bridgehead atoms. The van der Waals surface area contributed by atoms with Crippen molar-refractivity contribution in [2.24, 2.45) is 0 Å². The first-order valence-electron chi connectivity index (χ1n) is 4.77. The van der Waals surface area contributed by atoms with Crippen LogP contribution in [0.2, 0.25) is 0 Å². The van der Waals surface area contributed by atoms with Crippen LogP contribution in [0.5, 0.6) is 0 Å². The first kappa shape index (κ1) is 12.4. The molecule has 0 aromatic rings. The number of aliphatic hydroxyl groups is 1. The van der Waals surface area contributed by atoms with E-state index >= 15 is 0 Å². The second-order valence-corrected chi connectivity index (χ2v) is 3.96. The number of unbranched alkanes of at least 4 members (excludes halogenated alkanes) is 2. The molecule has 0 radical (unpaired) electrons. The van der Waals surface area contributed by atoms with Crippen molar-refractivity contribution in [3.05, 3.63) is 0 Å². The van der Waals surface area contributed by atoms with Crippen LogP contribution in [-0.4, -0.2) is 23.3 Å². The normalized spacial score (nSPS) is 11.4. The first-order chi connectivity index (χ1) is 5.92. The number of carbonyl (C=O) groups excluding carboxylic acids is 1. The molecule has 0 amide bonds. The number of ether oxygens (including phenoxy) is 1. The standard InChI is InChI=1S/C10H20O3/c1-9(11)13-8-6-4-5-7-10(2,3)12/h12H,4-8H2,1-3H3. The Labute approximate surface area is 80.1 Å². The molecule has 0 aliphatic carbocycles. The van der Waals surface area contributed by atoms with Crippen LogP contribution in [0, 0.1) is 0 Å². The zero-order chi connectivity index (χ0) is 10.3. The molecule has 0 heterocycles. The number of hydrogen-bond acceptors (Lipinski definition) is 3. The van der Waals surface area contributed by atoms with Crippen LogP contribution in [0.3, 0.4) is 0 Å². The zero-order valence-electron chi connectivity index (χ0n) is 8.80. The molecule has 0 rings (SSSR count). The van der Waals surface area contributed by atoms with E-state index < -0.39 is 5.60 Å². The van der Waals surface area contributed by atoms with E-state index in [1.807, 2.05) is 0 Å². The van der Waals surface area contributed by atoms with Crippen molar-refractivity contribution in [2.75, 3.05) is 6.61 Å². The van der Waals surface area contributed by atoms with Crippen LogP contribution in [0.4, 0.5) is 0 Å². The average Bonchev–Trinajstić information content (AvgIpc) is 1.93. The molecule has 1 N–H and O–H groups in total. The first-order valence-corrected chi connectivity index (χ1v) is 4.77. The van der Waals surface area contributed by atoms with Gasteiger partial charge in [-0.25, -0.2) is 0 Å². The number of rotatable bonds is 6. The van der Waals surface area contributed by atoms with Gasteiger partial charge in [-0.05, 0) is 33.1 Å². The molecule has 3 heteroatoms. The molecular weight excluding hydrogens is 168 g/mol. The Morgan fingerprint density at radius 3 is 2.38 bits per heavy atom. The Hall–Kier alpha value is -0.570. The van der Waals surface area contributed by atoms with Crippen LogP contribution in [-0.2, 0) is 9.53 Å². The minimum atomic E-state index is -0.568. The molecule has 0 fully saturated rings. The predicted octanol–water partition coefficient (Wildman–Crippen LogP) is 1.88. The Morgan fingerprint density at radius 2 is 1.92 bits per heavy atom. The average molecular weight is 188 g/mol. The maximum Gasteiger partial charge on any atom is 0.302 e. The van der Waals surface area contributed by atoms with Gasteiger partial charge in [-0.15, -0.1) is 0 Å². The Kier molecular flexibility index (Phi) is 5.71. The summed E-state index contributed by atoms with van der Waals surface area (Å²) < 4.78 is 4.77. The summed E-state index contributed by atoms with van der Waals surface area (Å²) in [5, 5.41) is 9.38. The smallest absolute Gasteiger partial charge is 0.302 e. The Bertz CT molecular complexity index is 147. The second-order valence-electron chi connectivity index (χ2n) is 3.96. The van der Waals surface area contributed by atoms with Crippen molar-refractivity contribution in [3.63, 3.8) is 0 Å². The summed E-state index contributed by atoms with van der Waals surface area (Å²) in [6, 6.07) is 0. The molecular formula is C10H20O3. The third-order valence-electron chi connectivity index (χ3n) is 1.74. The van der Waals surface area contributed by atoms with E-state index in [2.05, 4.69) is 0 Å². The zero-order valence-corrected chi connectivity index (χ0v) is 8.80. The highest BCUT2D eigenvalue weighted by atomic mass is 16.5. The van der Waals surface area contributed by atoms with Gasteiger partial charge in [-0.3, -0.25) is 4.79 Å². The summed E-state index contributed by atoms with van der Waals surface area (Å²) in [6.45, 7) is 5.52. The highest BCUT2D eigenvalue weighted by molar-refractivity contribution is 5.65. The maximum atomic E-state index is 10.4. The lowest BCUT2D eigenvalue weighted by molar-refractivity contribution is -0.141. The fraction of sp³-hybridized carbons (Fsp3) is 0.900. The minimum Gasteiger partial charge on any atom is -0.466 e. The molecule has 0 saturated carbocycles. The van der Waals surface area contributed by atoms with Crippen molar-refractivity contribution < 1.29 is 14.6 Å². The monoisotopic (exact) mass is 188 g/mol. The van der Waals surface area contributed by atoms with Crippen molar-refractivity contribution in [1.29, 1.82) is 0 Å². The van der Waals surface area contributed by atoms with Gasteiger partial charge < -0.3 is 9.84 Å². The molecule has 0 aliphatic heterocycles. The summed E-state index contributed by atoms with van der Waals surface area (Å²) in [5.74, 6) is -0.220. The van der Waals surface area contributed by atoms with Gasteiger partial charge in [-0.1, -0.05) is 6.42 Å². The maximum absolute atomic E-state index is 10.4. The van der Waals surface area contributed by atoms with E-state index in [1.165, 1.54) is 6.92 Å². The number of hydrogen-bond donors (Lipinski definition) is 1. The topological polar surface area (TPSA) is 46.5 Å².